The molecule has 0 fully saturated rings. The average Bonchev–Trinajstić information content (AvgIpc) is 3.01. The third-order valence-electron chi connectivity index (χ3n) is 4.21. The van der Waals surface area contributed by atoms with Crippen LogP contribution in [0.25, 0.3) is 10.8 Å². The Balaban J connectivity index is 1.90. The molecule has 0 heterocycles. The maximum absolute atomic E-state index is 12.2. The largest absolute Gasteiger partial charge is 0.442 e. The predicted molar refractivity (Wildman–Crippen MR) is 94.1 cm³/mol. The molecule has 0 unspecified atom stereocenters. The van der Waals surface area contributed by atoms with Crippen molar-refractivity contribution >= 4 is 16.9 Å². The second-order valence-electron chi connectivity index (χ2n) is 7.15. The molecular weight excluding hydrogens is 302 g/mol. The molecule has 1 aliphatic carbocycles. The molecule has 1 N–H and O–H groups in total. The first kappa shape index (κ1) is 16.5. The number of rotatable bonds is 2. The summed E-state index contributed by atoms with van der Waals surface area (Å²) in [6.07, 6.45) is 3.95. The molecule has 0 spiro atoms. The third kappa shape index (κ3) is 3.29. The third-order valence-corrected chi connectivity index (χ3v) is 4.21. The van der Waals surface area contributed by atoms with Crippen LogP contribution in [0.1, 0.15) is 38.7 Å². The van der Waals surface area contributed by atoms with Crippen LogP contribution < -0.4 is 0 Å². The van der Waals surface area contributed by atoms with Crippen LogP contribution >= 0.6 is 0 Å². The van der Waals surface area contributed by atoms with Gasteiger partial charge in [-0.25, -0.2) is 4.79 Å². The second-order valence-corrected chi connectivity index (χ2v) is 7.15. The van der Waals surface area contributed by atoms with Crippen LogP contribution in [0.5, 0.6) is 0 Å². The Kier molecular flexibility index (Phi) is 4.33. The van der Waals surface area contributed by atoms with E-state index in [-0.39, 0.29) is 12.0 Å². The van der Waals surface area contributed by atoms with Gasteiger partial charge >= 0.3 is 6.09 Å². The smallest absolute Gasteiger partial charge is 0.434 e. The summed E-state index contributed by atoms with van der Waals surface area (Å²) >= 11 is 0. The molecule has 0 saturated heterocycles. The Bertz CT molecular complexity index is 771. The number of carbonyl (C=O) groups excluding carboxylic acids is 1. The van der Waals surface area contributed by atoms with Gasteiger partial charge in [-0.05, 0) is 43.5 Å². The number of hydrogen-bond acceptors (Lipinski definition) is 3. The first-order valence-electron chi connectivity index (χ1n) is 8.22. The van der Waals surface area contributed by atoms with E-state index in [1.54, 1.807) is 20.8 Å². The van der Waals surface area contributed by atoms with Gasteiger partial charge in [-0.2, -0.15) is 5.06 Å². The highest BCUT2D eigenvalue weighted by molar-refractivity contribution is 5.86. The molecule has 0 radical (unpaired) electrons. The first-order valence-corrected chi connectivity index (χ1v) is 8.22. The Morgan fingerprint density at radius 1 is 1.17 bits per heavy atom. The van der Waals surface area contributed by atoms with Gasteiger partial charge in [0.25, 0.3) is 0 Å². The number of benzene rings is 2. The number of nitrogens with zero attached hydrogens (tertiary/aromatic N) is 1. The predicted octanol–water partition coefficient (Wildman–Crippen LogP) is 4.88. The van der Waals surface area contributed by atoms with Gasteiger partial charge in [0.2, 0.25) is 0 Å². The quantitative estimate of drug-likeness (QED) is 0.486. The van der Waals surface area contributed by atoms with Crippen LogP contribution in [0.15, 0.2) is 54.6 Å². The lowest BCUT2D eigenvalue weighted by molar-refractivity contribution is -0.120. The van der Waals surface area contributed by atoms with Crippen molar-refractivity contribution in [1.82, 2.24) is 5.06 Å². The van der Waals surface area contributed by atoms with Crippen molar-refractivity contribution < 1.29 is 14.7 Å². The summed E-state index contributed by atoms with van der Waals surface area (Å²) in [7, 11) is 0. The fourth-order valence-electron chi connectivity index (χ4n) is 3.19. The molecule has 2 aromatic rings. The van der Waals surface area contributed by atoms with E-state index in [1.807, 2.05) is 24.3 Å². The molecular formula is C20H23NO3. The molecule has 126 valence electrons. The van der Waals surface area contributed by atoms with Gasteiger partial charge in [-0.3, -0.25) is 5.21 Å². The molecule has 2 aromatic carbocycles. The number of fused-ring (bicyclic) bond motifs is 1. The van der Waals surface area contributed by atoms with Crippen LogP contribution in [-0.4, -0.2) is 28.0 Å². The van der Waals surface area contributed by atoms with Crippen LogP contribution in [0, 0.1) is 0 Å². The highest BCUT2D eigenvalue weighted by Crippen LogP contribution is 2.36. The molecule has 0 aliphatic heterocycles. The van der Waals surface area contributed by atoms with Gasteiger partial charge in [0.1, 0.15) is 5.60 Å². The van der Waals surface area contributed by atoms with E-state index in [1.165, 1.54) is 0 Å². The van der Waals surface area contributed by atoms with Crippen LogP contribution in [0.4, 0.5) is 4.79 Å². The first-order chi connectivity index (χ1) is 11.4. The Labute approximate surface area is 142 Å². The lowest BCUT2D eigenvalue weighted by atomic mass is 9.90. The zero-order valence-electron chi connectivity index (χ0n) is 14.3. The number of hydroxylamine groups is 2. The fourth-order valence-corrected chi connectivity index (χ4v) is 3.19. The highest BCUT2D eigenvalue weighted by Gasteiger charge is 2.35. The van der Waals surface area contributed by atoms with E-state index in [0.29, 0.717) is 6.42 Å². The van der Waals surface area contributed by atoms with Crippen molar-refractivity contribution in [3.8, 4) is 0 Å². The topological polar surface area (TPSA) is 49.8 Å². The van der Waals surface area contributed by atoms with Gasteiger partial charge in [0, 0.05) is 5.92 Å². The molecule has 0 aromatic heterocycles. The van der Waals surface area contributed by atoms with Gasteiger partial charge in [-0.1, -0.05) is 54.6 Å². The number of hydrogen-bond donors (Lipinski definition) is 1. The standard InChI is InChI=1S/C20H23NO3/c1-20(2,3)24-19(22)21(23)18-13-7-12-17(18)16-11-6-9-14-8-4-5-10-15(14)16/h4-12,17-18,23H,13H2,1-3H3/t17-,18+/m1/s1. The maximum atomic E-state index is 12.2. The lowest BCUT2D eigenvalue weighted by Gasteiger charge is -2.30. The molecule has 0 saturated carbocycles. The Hall–Kier alpha value is -2.33. The lowest BCUT2D eigenvalue weighted by Crippen LogP contribution is -2.42. The van der Waals surface area contributed by atoms with Crippen molar-refractivity contribution in [2.45, 2.75) is 44.8 Å². The van der Waals surface area contributed by atoms with E-state index in [2.05, 4.69) is 30.3 Å². The minimum atomic E-state index is -0.707. The van der Waals surface area contributed by atoms with E-state index >= 15 is 0 Å². The monoisotopic (exact) mass is 325 g/mol. The summed E-state index contributed by atoms with van der Waals surface area (Å²) in [6.45, 7) is 5.36. The van der Waals surface area contributed by atoms with Gasteiger partial charge in [0.05, 0.1) is 6.04 Å². The van der Waals surface area contributed by atoms with E-state index < -0.39 is 11.7 Å². The molecule has 1 amide bonds. The van der Waals surface area contributed by atoms with Crippen LogP contribution in [0.2, 0.25) is 0 Å². The van der Waals surface area contributed by atoms with Crippen molar-refractivity contribution in [2.24, 2.45) is 0 Å². The summed E-state index contributed by atoms with van der Waals surface area (Å²) in [5.41, 5.74) is 0.466. The van der Waals surface area contributed by atoms with Gasteiger partial charge in [-0.15, -0.1) is 0 Å². The van der Waals surface area contributed by atoms with E-state index in [4.69, 9.17) is 4.74 Å². The molecule has 1 aliphatic rings. The summed E-state index contributed by atoms with van der Waals surface area (Å²) in [5, 5.41) is 13.4. The normalized spacial score (nSPS) is 20.3. The van der Waals surface area contributed by atoms with E-state index in [9.17, 15) is 10.0 Å². The minimum absolute atomic E-state index is 0.0615. The van der Waals surface area contributed by atoms with Crippen molar-refractivity contribution in [3.63, 3.8) is 0 Å². The summed E-state index contributed by atoms with van der Waals surface area (Å²) in [6, 6.07) is 13.9. The van der Waals surface area contributed by atoms with Gasteiger partial charge < -0.3 is 4.74 Å². The maximum Gasteiger partial charge on any atom is 0.434 e. The molecule has 24 heavy (non-hydrogen) atoms. The average molecular weight is 325 g/mol. The highest BCUT2D eigenvalue weighted by atomic mass is 16.6. The Morgan fingerprint density at radius 2 is 1.88 bits per heavy atom. The summed E-state index contributed by atoms with van der Waals surface area (Å²) in [4.78, 5) is 12.2. The van der Waals surface area contributed by atoms with Crippen LogP contribution in [-0.2, 0) is 4.74 Å². The SMILES string of the molecule is CC(C)(C)OC(=O)N(O)[C@H]1CC=C[C@@H]1c1cccc2ccccc12. The van der Waals surface area contributed by atoms with E-state index in [0.717, 1.165) is 21.4 Å². The fraction of sp³-hybridized carbons (Fsp3) is 0.350. The summed E-state index contributed by atoms with van der Waals surface area (Å²) < 4.78 is 5.29. The number of ether oxygens (including phenoxy) is 1. The molecule has 4 heteroatoms. The molecule has 0 bridgehead atoms. The minimum Gasteiger partial charge on any atom is -0.442 e. The second kappa shape index (κ2) is 6.29. The zero-order valence-corrected chi connectivity index (χ0v) is 14.3. The number of amides is 1. The van der Waals surface area contributed by atoms with Crippen molar-refractivity contribution in [2.75, 3.05) is 0 Å². The molecule has 4 nitrogen and oxygen atoms in total. The Morgan fingerprint density at radius 3 is 2.62 bits per heavy atom. The zero-order chi connectivity index (χ0) is 17.3. The van der Waals surface area contributed by atoms with Crippen molar-refractivity contribution in [3.05, 3.63) is 60.2 Å². The van der Waals surface area contributed by atoms with Crippen molar-refractivity contribution in [1.29, 1.82) is 0 Å². The van der Waals surface area contributed by atoms with Crippen LogP contribution in [0.3, 0.4) is 0 Å². The number of carbonyl (C=O) groups is 1. The molecule has 3 rings (SSSR count). The summed E-state index contributed by atoms with van der Waals surface area (Å²) in [5.74, 6) is -0.0615. The molecule has 2 atom stereocenters. The van der Waals surface area contributed by atoms with Gasteiger partial charge in [0.15, 0.2) is 0 Å².